The Kier molecular flexibility index (Phi) is 5.86. The number of carbonyl (C=O) groups excluding carboxylic acids is 1. The maximum absolute atomic E-state index is 14.4. The van der Waals surface area contributed by atoms with Gasteiger partial charge in [0.2, 0.25) is 0 Å². The summed E-state index contributed by atoms with van der Waals surface area (Å²) in [5.41, 5.74) is -0.864. The van der Waals surface area contributed by atoms with Gasteiger partial charge in [0.05, 0.1) is 5.39 Å². The van der Waals surface area contributed by atoms with E-state index in [1.165, 1.54) is 6.07 Å². The molecule has 0 radical (unpaired) electrons. The Morgan fingerprint density at radius 1 is 1.30 bits per heavy atom. The van der Waals surface area contributed by atoms with Crippen LogP contribution in [-0.4, -0.2) is 34.3 Å². The first-order valence-electron chi connectivity index (χ1n) is 8.74. The molecule has 8 heteroatoms. The molecule has 0 unspecified atom stereocenters. The van der Waals surface area contributed by atoms with Gasteiger partial charge in [-0.3, -0.25) is 4.79 Å². The molecular weight excluding hydrogens is 530 g/mol. The van der Waals surface area contributed by atoms with Crippen molar-refractivity contribution in [3.63, 3.8) is 0 Å². The number of aromatic nitrogens is 1. The lowest BCUT2D eigenvalue weighted by Gasteiger charge is -2.34. The van der Waals surface area contributed by atoms with Gasteiger partial charge in [0, 0.05) is 38.8 Å². The number of hydrogen-bond donors (Lipinski definition) is 0. The van der Waals surface area contributed by atoms with Gasteiger partial charge in [-0.1, -0.05) is 15.9 Å². The average molecular weight is 551 g/mol. The van der Waals surface area contributed by atoms with Crippen LogP contribution in [0.5, 0.6) is 0 Å². The Balaban J connectivity index is 1.85. The highest BCUT2D eigenvalue weighted by molar-refractivity contribution is 14.1. The Labute approximate surface area is 179 Å². The van der Waals surface area contributed by atoms with Crippen LogP contribution in [0.3, 0.4) is 0 Å². The van der Waals surface area contributed by atoms with E-state index in [-0.39, 0.29) is 23.1 Å². The van der Waals surface area contributed by atoms with Crippen molar-refractivity contribution in [3.05, 3.63) is 42.5 Å². The Bertz CT molecular complexity index is 947. The van der Waals surface area contributed by atoms with Crippen LogP contribution in [0.1, 0.15) is 39.7 Å². The van der Waals surface area contributed by atoms with Crippen molar-refractivity contribution in [2.75, 3.05) is 13.1 Å². The number of fused-ring (bicyclic) bond motifs is 1. The van der Waals surface area contributed by atoms with E-state index in [2.05, 4.69) is 38.5 Å². The zero-order chi connectivity index (χ0) is 19.9. The third-order valence-corrected chi connectivity index (χ3v) is 5.84. The number of likely N-dealkylation sites (tertiary alicyclic amines) is 1. The summed E-state index contributed by atoms with van der Waals surface area (Å²) in [5.74, 6) is -0.525. The second-order valence-corrected chi connectivity index (χ2v) is 9.78. The molecule has 0 bridgehead atoms. The predicted octanol–water partition coefficient (Wildman–Crippen LogP) is 5.08. The van der Waals surface area contributed by atoms with Crippen molar-refractivity contribution in [1.82, 2.24) is 9.47 Å². The van der Waals surface area contributed by atoms with E-state index in [9.17, 15) is 14.0 Å². The fourth-order valence-electron chi connectivity index (χ4n) is 3.28. The van der Waals surface area contributed by atoms with E-state index in [4.69, 9.17) is 4.74 Å². The minimum Gasteiger partial charge on any atom is -0.444 e. The number of halogens is 3. The summed E-state index contributed by atoms with van der Waals surface area (Å²) < 4.78 is 22.9. The molecule has 0 atom stereocenters. The first-order chi connectivity index (χ1) is 12.6. The molecule has 1 aromatic carbocycles. The van der Waals surface area contributed by atoms with Crippen molar-refractivity contribution in [3.8, 4) is 0 Å². The van der Waals surface area contributed by atoms with Gasteiger partial charge in [0.25, 0.3) is 5.56 Å². The molecule has 2 aromatic rings. The van der Waals surface area contributed by atoms with Crippen molar-refractivity contribution < 1.29 is 13.9 Å². The van der Waals surface area contributed by atoms with Crippen LogP contribution in [0.2, 0.25) is 0 Å². The third-order valence-electron chi connectivity index (χ3n) is 4.52. The molecule has 146 valence electrons. The summed E-state index contributed by atoms with van der Waals surface area (Å²) in [5, 5.41) is 0.717. The summed E-state index contributed by atoms with van der Waals surface area (Å²) >= 11 is 5.40. The Morgan fingerprint density at radius 2 is 1.93 bits per heavy atom. The van der Waals surface area contributed by atoms with E-state index in [1.807, 2.05) is 20.8 Å². The SMILES string of the molecule is CC(C)(C)OC(=O)N1CCC(n2cc(I)c3cc(Br)cc(F)c3c2=O)CC1. The molecule has 0 saturated carbocycles. The second-order valence-electron chi connectivity index (χ2n) is 7.70. The van der Waals surface area contributed by atoms with Gasteiger partial charge in [0.1, 0.15) is 11.4 Å². The molecular formula is C19H21BrFIN2O3. The maximum atomic E-state index is 14.4. The number of ether oxygens (including phenoxy) is 1. The van der Waals surface area contributed by atoms with Crippen LogP contribution in [0.25, 0.3) is 10.8 Å². The molecule has 1 aromatic heterocycles. The standard InChI is InChI=1S/C19H21BrFIN2O3/c1-19(2,3)27-18(26)23-6-4-12(5-7-23)24-10-15(22)13-8-11(20)9-14(21)16(13)17(24)25/h8-10,12H,4-7H2,1-3H3. The minimum atomic E-state index is -0.537. The van der Waals surface area contributed by atoms with Crippen LogP contribution >= 0.6 is 38.5 Å². The number of piperidine rings is 1. The highest BCUT2D eigenvalue weighted by Crippen LogP contribution is 2.28. The van der Waals surface area contributed by atoms with Gasteiger partial charge >= 0.3 is 6.09 Å². The van der Waals surface area contributed by atoms with Crippen molar-refractivity contribution in [2.24, 2.45) is 0 Å². The first-order valence-corrected chi connectivity index (χ1v) is 10.6. The van der Waals surface area contributed by atoms with Crippen LogP contribution in [-0.2, 0) is 4.74 Å². The van der Waals surface area contributed by atoms with Gasteiger partial charge in [-0.25, -0.2) is 9.18 Å². The molecule has 1 saturated heterocycles. The minimum absolute atomic E-state index is 0.0721. The van der Waals surface area contributed by atoms with Crippen LogP contribution < -0.4 is 5.56 Å². The Morgan fingerprint density at radius 3 is 2.52 bits per heavy atom. The Hall–Kier alpha value is -1.16. The zero-order valence-electron chi connectivity index (χ0n) is 15.4. The second kappa shape index (κ2) is 7.69. The van der Waals surface area contributed by atoms with Gasteiger partial charge in [0.15, 0.2) is 0 Å². The molecule has 0 spiro atoms. The normalized spacial score (nSPS) is 16.0. The first kappa shape index (κ1) is 20.6. The van der Waals surface area contributed by atoms with Crippen LogP contribution in [0.15, 0.2) is 27.6 Å². The van der Waals surface area contributed by atoms with Crippen LogP contribution in [0.4, 0.5) is 9.18 Å². The molecule has 5 nitrogen and oxygen atoms in total. The molecule has 1 fully saturated rings. The summed E-state index contributed by atoms with van der Waals surface area (Å²) in [6.45, 7) is 6.51. The van der Waals surface area contributed by atoms with Crippen molar-refractivity contribution >= 4 is 55.4 Å². The fourth-order valence-corrected chi connectivity index (χ4v) is 4.44. The summed E-state index contributed by atoms with van der Waals surface area (Å²) in [6.07, 6.45) is 2.69. The molecule has 2 heterocycles. The van der Waals surface area contributed by atoms with E-state index < -0.39 is 11.4 Å². The van der Waals surface area contributed by atoms with Gasteiger partial charge in [-0.15, -0.1) is 0 Å². The lowest BCUT2D eigenvalue weighted by atomic mass is 10.0. The maximum Gasteiger partial charge on any atom is 0.410 e. The zero-order valence-corrected chi connectivity index (χ0v) is 19.1. The predicted molar refractivity (Wildman–Crippen MR) is 115 cm³/mol. The van der Waals surface area contributed by atoms with E-state index >= 15 is 0 Å². The lowest BCUT2D eigenvalue weighted by molar-refractivity contribution is 0.0187. The average Bonchev–Trinajstić information content (AvgIpc) is 2.56. The molecule has 1 amide bonds. The van der Waals surface area contributed by atoms with Gasteiger partial charge in [-0.2, -0.15) is 0 Å². The number of nitrogens with zero attached hydrogens (tertiary/aromatic N) is 2. The van der Waals surface area contributed by atoms with Crippen molar-refractivity contribution in [1.29, 1.82) is 0 Å². The fraction of sp³-hybridized carbons (Fsp3) is 0.474. The molecule has 0 N–H and O–H groups in total. The number of pyridine rings is 1. The number of carbonyl (C=O) groups is 1. The molecule has 3 rings (SSSR count). The smallest absolute Gasteiger partial charge is 0.410 e. The van der Waals surface area contributed by atoms with Crippen LogP contribution in [0, 0.1) is 9.39 Å². The molecule has 1 aliphatic rings. The quantitative estimate of drug-likeness (QED) is 0.465. The van der Waals surface area contributed by atoms with Crippen molar-refractivity contribution in [2.45, 2.75) is 45.3 Å². The number of rotatable bonds is 1. The highest BCUT2D eigenvalue weighted by atomic mass is 127. The monoisotopic (exact) mass is 550 g/mol. The molecule has 27 heavy (non-hydrogen) atoms. The van der Waals surface area contributed by atoms with E-state index in [1.54, 1.807) is 21.7 Å². The number of amides is 1. The summed E-state index contributed by atoms with van der Waals surface area (Å²) in [7, 11) is 0. The lowest BCUT2D eigenvalue weighted by Crippen LogP contribution is -2.43. The topological polar surface area (TPSA) is 51.5 Å². The summed E-state index contributed by atoms with van der Waals surface area (Å²) in [4.78, 5) is 26.8. The number of hydrogen-bond acceptors (Lipinski definition) is 3. The van der Waals surface area contributed by atoms with Gasteiger partial charge < -0.3 is 14.2 Å². The van der Waals surface area contributed by atoms with E-state index in [0.717, 1.165) is 3.57 Å². The van der Waals surface area contributed by atoms with E-state index in [0.29, 0.717) is 35.8 Å². The van der Waals surface area contributed by atoms with Gasteiger partial charge in [-0.05, 0) is 68.3 Å². The highest BCUT2D eigenvalue weighted by Gasteiger charge is 2.28. The largest absolute Gasteiger partial charge is 0.444 e. The molecule has 0 aliphatic carbocycles. The summed E-state index contributed by atoms with van der Waals surface area (Å²) in [6, 6.07) is 3.00. The third kappa shape index (κ3) is 4.47. The number of benzene rings is 1. The molecule has 1 aliphatic heterocycles.